The molecule has 3 N–H and O–H groups in total. The fourth-order valence-electron chi connectivity index (χ4n) is 17.1. The van der Waals surface area contributed by atoms with Gasteiger partial charge in [-0.3, -0.25) is 9.59 Å². The molecule has 0 amide bonds. The van der Waals surface area contributed by atoms with Crippen LogP contribution in [-0.4, -0.2) is 78.3 Å². The van der Waals surface area contributed by atoms with E-state index < -0.39 is 11.7 Å². The van der Waals surface area contributed by atoms with Crippen LogP contribution in [0.15, 0.2) is 47.1 Å². The van der Waals surface area contributed by atoms with E-state index in [-0.39, 0.29) is 58.0 Å². The van der Waals surface area contributed by atoms with Crippen molar-refractivity contribution in [2.24, 2.45) is 69.5 Å². The summed E-state index contributed by atoms with van der Waals surface area (Å²) in [5.74, 6) is 9.41. The van der Waals surface area contributed by atoms with E-state index in [4.69, 9.17) is 9.47 Å². The van der Waals surface area contributed by atoms with Gasteiger partial charge in [-0.15, -0.1) is 5.92 Å². The molecule has 8 heteroatoms. The molecule has 8 nitrogen and oxygen atoms in total. The molecular formula is C56H79NO7. The molecule has 0 unspecified atom stereocenters. The van der Waals surface area contributed by atoms with E-state index in [1.807, 2.05) is 13.0 Å². The van der Waals surface area contributed by atoms with Gasteiger partial charge in [0.1, 0.15) is 5.60 Å². The zero-order chi connectivity index (χ0) is 45.5. The summed E-state index contributed by atoms with van der Waals surface area (Å²) in [4.78, 5) is 26.9. The number of nitrogens with zero attached hydrogens (tertiary/aromatic N) is 1. The molecule has 8 aliphatic rings. The maximum atomic E-state index is 12.6. The number of methoxy groups -OCH3 is 1. The fraction of sp³-hybridized carbons (Fsp3) is 0.750. The van der Waals surface area contributed by atoms with Crippen molar-refractivity contribution < 1.29 is 34.4 Å². The van der Waals surface area contributed by atoms with Crippen LogP contribution in [0.4, 0.5) is 5.69 Å². The minimum Gasteiger partial charge on any atom is -0.469 e. The second kappa shape index (κ2) is 17.3. The topological polar surface area (TPSA) is 117 Å². The second-order valence-electron chi connectivity index (χ2n) is 23.2. The minimum atomic E-state index is -1.02. The van der Waals surface area contributed by atoms with Gasteiger partial charge in [0.25, 0.3) is 0 Å². The van der Waals surface area contributed by atoms with Gasteiger partial charge < -0.3 is 29.7 Å². The monoisotopic (exact) mass is 878 g/mol. The predicted octanol–water partition coefficient (Wildman–Crippen LogP) is 9.60. The molecule has 0 aromatic heterocycles. The zero-order valence-corrected chi connectivity index (χ0v) is 40.3. The molecule has 0 saturated heterocycles. The van der Waals surface area contributed by atoms with E-state index in [0.29, 0.717) is 60.9 Å². The molecule has 8 aliphatic carbocycles. The Morgan fingerprint density at radius 3 is 2.47 bits per heavy atom. The van der Waals surface area contributed by atoms with Gasteiger partial charge in [0.15, 0.2) is 5.78 Å². The van der Waals surface area contributed by atoms with E-state index in [1.54, 1.807) is 0 Å². The first-order chi connectivity index (χ1) is 30.5. The summed E-state index contributed by atoms with van der Waals surface area (Å²) in [5, 5.41) is 36.4. The van der Waals surface area contributed by atoms with E-state index in [0.717, 1.165) is 95.7 Å². The first kappa shape index (κ1) is 46.2. The van der Waals surface area contributed by atoms with Crippen LogP contribution in [0.1, 0.15) is 149 Å². The number of esters is 1. The average Bonchev–Trinajstić information content (AvgIpc) is 3.73. The number of carbonyl (C=O) groups is 2. The molecule has 0 spiro atoms. The number of fused-ring (bicyclic) bond motifs is 9. The van der Waals surface area contributed by atoms with E-state index in [9.17, 15) is 24.9 Å². The van der Waals surface area contributed by atoms with Crippen LogP contribution in [0.5, 0.6) is 0 Å². The lowest BCUT2D eigenvalue weighted by Crippen LogP contribution is -2.62. The van der Waals surface area contributed by atoms with Gasteiger partial charge in [-0.25, -0.2) is 0 Å². The van der Waals surface area contributed by atoms with Crippen molar-refractivity contribution in [1.82, 2.24) is 0 Å². The highest BCUT2D eigenvalue weighted by molar-refractivity contribution is 5.93. The normalized spacial score (nSPS) is 43.9. The van der Waals surface area contributed by atoms with E-state index in [1.165, 1.54) is 29.4 Å². The molecule has 9 rings (SSSR count). The lowest BCUT2D eigenvalue weighted by molar-refractivity contribution is -0.209. The highest BCUT2D eigenvalue weighted by atomic mass is 16.5. The molecule has 6 saturated carbocycles. The van der Waals surface area contributed by atoms with Crippen LogP contribution in [-0.2, 0) is 19.1 Å². The lowest BCUT2D eigenvalue weighted by Gasteiger charge is -2.63. The number of aliphatic hydroxyl groups excluding tert-OH is 2. The molecule has 350 valence electrons. The van der Waals surface area contributed by atoms with Crippen molar-refractivity contribution in [3.63, 3.8) is 0 Å². The molecule has 0 radical (unpaired) electrons. The molecular weight excluding hydrogens is 799 g/mol. The number of anilines is 1. The molecule has 1 aromatic carbocycles. The quantitative estimate of drug-likeness (QED) is 0.157. The molecule has 1 aromatic rings. The summed E-state index contributed by atoms with van der Waals surface area (Å²) >= 11 is 0. The maximum Gasteiger partial charge on any atom is 0.305 e. The Morgan fingerprint density at radius 1 is 0.969 bits per heavy atom. The van der Waals surface area contributed by atoms with Crippen molar-refractivity contribution in [2.45, 2.75) is 168 Å². The fourth-order valence-corrected chi connectivity index (χ4v) is 17.1. The SMILES string of the molecule is CC#C[C@@]1(O)[C@H](C)C[C@H]2[C@@H]3CCC4=CC(=O)CCC4=C3[C@@H](c3ccc(N(C)CCO[C@H]4CC[C@@]5(C)[C@@H](C4)C[C@@H](O)[C@@H]4[C@@H]5C[C@H](O)[C@]5(C)[C@@H]([C@H](C)CCC(=O)OC)CC[C@@H]45)cc3)C[C@@]21C. The minimum absolute atomic E-state index is 0.0780. The summed E-state index contributed by atoms with van der Waals surface area (Å²) in [6.45, 7) is 14.8. The number of aliphatic hydroxyl groups is 3. The maximum absolute atomic E-state index is 12.6. The average molecular weight is 878 g/mol. The number of benzene rings is 1. The number of rotatable bonds is 10. The number of allylic oxidation sites excluding steroid dienone is 4. The van der Waals surface area contributed by atoms with Gasteiger partial charge in [0, 0.05) is 43.5 Å². The molecule has 0 aliphatic heterocycles. The summed E-state index contributed by atoms with van der Waals surface area (Å²) in [7, 11) is 3.60. The van der Waals surface area contributed by atoms with E-state index in [2.05, 4.69) is 82.7 Å². The van der Waals surface area contributed by atoms with Gasteiger partial charge >= 0.3 is 5.97 Å². The first-order valence-corrected chi connectivity index (χ1v) is 25.5. The van der Waals surface area contributed by atoms with Crippen LogP contribution >= 0.6 is 0 Å². The third-order valence-electron chi connectivity index (χ3n) is 20.7. The first-order valence-electron chi connectivity index (χ1n) is 25.5. The van der Waals surface area contributed by atoms with Crippen molar-refractivity contribution in [1.29, 1.82) is 0 Å². The number of carbonyl (C=O) groups excluding carboxylic acids is 2. The number of hydrogen-bond donors (Lipinski definition) is 3. The molecule has 64 heavy (non-hydrogen) atoms. The summed E-state index contributed by atoms with van der Waals surface area (Å²) in [6, 6.07) is 9.14. The Kier molecular flexibility index (Phi) is 12.5. The van der Waals surface area contributed by atoms with Crippen LogP contribution in [0.2, 0.25) is 0 Å². The Morgan fingerprint density at radius 2 is 1.73 bits per heavy atom. The highest BCUT2D eigenvalue weighted by Gasteiger charge is 2.67. The molecule has 0 heterocycles. The largest absolute Gasteiger partial charge is 0.469 e. The van der Waals surface area contributed by atoms with Crippen molar-refractivity contribution in [3.8, 4) is 11.8 Å². The third-order valence-corrected chi connectivity index (χ3v) is 20.7. The van der Waals surface area contributed by atoms with Crippen LogP contribution in [0.3, 0.4) is 0 Å². The Bertz CT molecular complexity index is 2080. The molecule has 6 fully saturated rings. The Labute approximate surface area is 384 Å². The lowest BCUT2D eigenvalue weighted by atomic mass is 9.43. The van der Waals surface area contributed by atoms with Gasteiger partial charge in [0.05, 0.1) is 32.0 Å². The predicted molar refractivity (Wildman–Crippen MR) is 251 cm³/mol. The third kappa shape index (κ3) is 7.30. The summed E-state index contributed by atoms with van der Waals surface area (Å²) in [5.41, 5.74) is 5.16. The smallest absolute Gasteiger partial charge is 0.305 e. The zero-order valence-electron chi connectivity index (χ0n) is 40.3. The van der Waals surface area contributed by atoms with Crippen LogP contribution in [0, 0.1) is 81.3 Å². The highest BCUT2D eigenvalue weighted by Crippen LogP contribution is 2.70. The van der Waals surface area contributed by atoms with Crippen molar-refractivity contribution >= 4 is 17.4 Å². The van der Waals surface area contributed by atoms with Gasteiger partial charge in [-0.1, -0.05) is 58.2 Å². The number of likely N-dealkylation sites (N-methyl/N-ethyl adjacent to an activating group) is 1. The number of hydrogen-bond acceptors (Lipinski definition) is 8. The van der Waals surface area contributed by atoms with Crippen LogP contribution < -0.4 is 4.90 Å². The van der Waals surface area contributed by atoms with Gasteiger partial charge in [-0.05, 0) is 189 Å². The summed E-state index contributed by atoms with van der Waals surface area (Å²) < 4.78 is 11.6. The van der Waals surface area contributed by atoms with E-state index >= 15 is 0 Å². The number of ketones is 1. The molecule has 0 bridgehead atoms. The van der Waals surface area contributed by atoms with Gasteiger partial charge in [0.2, 0.25) is 0 Å². The van der Waals surface area contributed by atoms with Crippen LogP contribution in [0.25, 0.3) is 0 Å². The van der Waals surface area contributed by atoms with Crippen molar-refractivity contribution in [3.05, 3.63) is 52.6 Å². The Hall–Kier alpha value is -2.96. The molecule has 17 atom stereocenters. The number of ether oxygens (including phenoxy) is 2. The van der Waals surface area contributed by atoms with Gasteiger partial charge in [-0.2, -0.15) is 0 Å². The van der Waals surface area contributed by atoms with Crippen molar-refractivity contribution in [2.75, 3.05) is 32.2 Å². The standard InChI is InChI=1S/C56H79NO7/c1-9-23-56(62)34(3)27-46-42-17-13-36-28-39(58)16-18-41(36)51(42)43(32-54(46,56)5)35-11-14-38(15-12-35)57(7)25-26-64-40-22-24-53(4)37(29-40)30-48(59)52-45-20-19-44(33(2)10-21-50(61)63-8)55(45,6)49(60)31-47(52)53/h11-12,14-15,28,33-34,37,40,42-49,52,59-60,62H,10,13,16-22,24-27,29-32H2,1-8H3/t33-,34-,37+,40+,42+,43-,44-,45+,46+,47+,48-,49+,52+,53+,54+,55-,56-/m1/s1. The Balaban J connectivity index is 0.843. The second-order valence-corrected chi connectivity index (χ2v) is 23.2. The summed E-state index contributed by atoms with van der Waals surface area (Å²) in [6.07, 6.45) is 14.5.